The van der Waals surface area contributed by atoms with Gasteiger partial charge < -0.3 is 27.0 Å². The van der Waals surface area contributed by atoms with E-state index in [2.05, 4.69) is 40.1 Å². The van der Waals surface area contributed by atoms with Gasteiger partial charge in [0.25, 0.3) is 0 Å². The van der Waals surface area contributed by atoms with E-state index in [1.807, 2.05) is 43.5 Å². The van der Waals surface area contributed by atoms with Crippen molar-refractivity contribution in [1.29, 1.82) is 0 Å². The quantitative estimate of drug-likeness (QED) is 0.298. The van der Waals surface area contributed by atoms with Crippen LogP contribution in [-0.2, 0) is 6.54 Å². The molecular formula is C24H32N8OS. The first-order chi connectivity index (χ1) is 16.4. The van der Waals surface area contributed by atoms with Gasteiger partial charge in [-0.05, 0) is 45.2 Å². The molecule has 1 aromatic carbocycles. The normalized spacial score (nSPS) is 14.0. The molecular weight excluding hydrogens is 448 g/mol. The molecule has 0 bridgehead atoms. The molecule has 2 amide bonds. The van der Waals surface area contributed by atoms with Gasteiger partial charge in [-0.3, -0.25) is 0 Å². The fraction of sp³-hybridized carbons (Fsp3) is 0.417. The zero-order valence-corrected chi connectivity index (χ0v) is 20.6. The van der Waals surface area contributed by atoms with Gasteiger partial charge in [-0.15, -0.1) is 0 Å². The molecule has 4 rings (SSSR count). The summed E-state index contributed by atoms with van der Waals surface area (Å²) >= 11 is 1.55. The number of nitrogens with zero attached hydrogens (tertiary/aromatic N) is 3. The van der Waals surface area contributed by atoms with Gasteiger partial charge >= 0.3 is 6.03 Å². The Hall–Kier alpha value is -3.24. The predicted molar refractivity (Wildman–Crippen MR) is 138 cm³/mol. The Morgan fingerprint density at radius 2 is 1.94 bits per heavy atom. The van der Waals surface area contributed by atoms with Crippen LogP contribution in [0, 0.1) is 0 Å². The lowest BCUT2D eigenvalue weighted by Crippen LogP contribution is -2.36. The number of anilines is 2. The lowest BCUT2D eigenvalue weighted by atomic mass is 10.0. The maximum absolute atomic E-state index is 12.2. The summed E-state index contributed by atoms with van der Waals surface area (Å²) in [7, 11) is 0. The van der Waals surface area contributed by atoms with Crippen molar-refractivity contribution in [2.75, 3.05) is 17.2 Å². The van der Waals surface area contributed by atoms with Crippen molar-refractivity contribution in [3.8, 4) is 21.8 Å². The Bertz CT molecular complexity index is 1130. The second-order valence-electron chi connectivity index (χ2n) is 8.91. The average molecular weight is 481 g/mol. The third kappa shape index (κ3) is 6.64. The molecule has 0 saturated heterocycles. The van der Waals surface area contributed by atoms with Crippen LogP contribution in [-0.4, -0.2) is 45.7 Å². The summed E-state index contributed by atoms with van der Waals surface area (Å²) in [4.78, 5) is 27.1. The lowest BCUT2D eigenvalue weighted by Gasteiger charge is -2.14. The summed E-state index contributed by atoms with van der Waals surface area (Å²) in [6.45, 7) is 7.04. The number of benzene rings is 1. The molecule has 1 aliphatic carbocycles. The zero-order valence-electron chi connectivity index (χ0n) is 19.8. The first-order valence-electron chi connectivity index (χ1n) is 11.6. The summed E-state index contributed by atoms with van der Waals surface area (Å²) in [6.07, 6.45) is 3.93. The monoisotopic (exact) mass is 480 g/mol. The Morgan fingerprint density at radius 3 is 2.68 bits per heavy atom. The van der Waals surface area contributed by atoms with Gasteiger partial charge in [0.2, 0.25) is 5.95 Å². The number of carbonyl (C=O) groups is 1. The van der Waals surface area contributed by atoms with E-state index in [1.54, 1.807) is 11.3 Å². The number of rotatable bonds is 10. The molecule has 3 aromatic rings. The number of carbonyl (C=O) groups excluding carboxylic acids is 1. The highest BCUT2D eigenvalue weighted by molar-refractivity contribution is 7.18. The molecule has 10 heteroatoms. The molecule has 0 spiro atoms. The number of nitrogens with two attached hydrogens (primary N) is 1. The first-order valence-corrected chi connectivity index (χ1v) is 12.4. The molecule has 34 heavy (non-hydrogen) atoms. The van der Waals surface area contributed by atoms with Crippen LogP contribution >= 0.6 is 11.3 Å². The van der Waals surface area contributed by atoms with E-state index in [0.717, 1.165) is 45.4 Å². The number of aromatic nitrogens is 3. The first kappa shape index (κ1) is 23.9. The van der Waals surface area contributed by atoms with Crippen LogP contribution < -0.4 is 27.0 Å². The van der Waals surface area contributed by atoms with Gasteiger partial charge in [0.05, 0.1) is 16.3 Å². The maximum atomic E-state index is 12.2. The molecule has 1 fully saturated rings. The third-order valence-electron chi connectivity index (χ3n) is 5.12. The fourth-order valence-corrected chi connectivity index (χ4v) is 4.24. The number of hydrogen-bond acceptors (Lipinski definition) is 8. The Labute approximate surface area is 204 Å². The van der Waals surface area contributed by atoms with Crippen molar-refractivity contribution in [3.63, 3.8) is 0 Å². The molecule has 1 aliphatic rings. The second-order valence-corrected chi connectivity index (χ2v) is 9.94. The number of urea groups is 1. The van der Waals surface area contributed by atoms with Crippen LogP contribution in [0.3, 0.4) is 0 Å². The minimum atomic E-state index is -0.144. The Kier molecular flexibility index (Phi) is 7.59. The summed E-state index contributed by atoms with van der Waals surface area (Å²) < 4.78 is 0. The van der Waals surface area contributed by atoms with Crippen LogP contribution in [0.1, 0.15) is 39.2 Å². The van der Waals surface area contributed by atoms with Crippen LogP contribution in [0.25, 0.3) is 21.8 Å². The largest absolute Gasteiger partial charge is 0.359 e. The smallest absolute Gasteiger partial charge is 0.315 e. The van der Waals surface area contributed by atoms with E-state index in [1.165, 1.54) is 0 Å². The van der Waals surface area contributed by atoms with E-state index >= 15 is 0 Å². The molecule has 2 aromatic heterocycles. The van der Waals surface area contributed by atoms with Crippen molar-refractivity contribution < 1.29 is 4.79 Å². The fourth-order valence-electron chi connectivity index (χ4n) is 3.31. The van der Waals surface area contributed by atoms with Gasteiger partial charge in [0.1, 0.15) is 0 Å². The van der Waals surface area contributed by atoms with Crippen LogP contribution in [0.2, 0.25) is 0 Å². The van der Waals surface area contributed by atoms with Crippen molar-refractivity contribution in [1.82, 2.24) is 25.6 Å². The molecule has 0 aliphatic heterocycles. The van der Waals surface area contributed by atoms with Crippen molar-refractivity contribution in [2.45, 2.75) is 58.3 Å². The van der Waals surface area contributed by atoms with Gasteiger partial charge in [0.15, 0.2) is 5.13 Å². The number of amides is 2. The zero-order chi connectivity index (χ0) is 24.1. The van der Waals surface area contributed by atoms with Gasteiger partial charge in [-0.25, -0.2) is 19.7 Å². The van der Waals surface area contributed by atoms with Crippen molar-refractivity contribution in [2.24, 2.45) is 5.73 Å². The minimum Gasteiger partial charge on any atom is -0.359 e. The topological polar surface area (TPSA) is 130 Å². The molecule has 180 valence electrons. The molecule has 2 heterocycles. The number of hydrogen-bond donors (Lipinski definition) is 5. The minimum absolute atomic E-state index is 0.0394. The highest BCUT2D eigenvalue weighted by Crippen LogP contribution is 2.32. The summed E-state index contributed by atoms with van der Waals surface area (Å²) in [5.41, 5.74) is 9.40. The highest BCUT2D eigenvalue weighted by atomic mass is 32.1. The van der Waals surface area contributed by atoms with Crippen molar-refractivity contribution >= 4 is 28.4 Å². The second kappa shape index (κ2) is 10.8. The van der Waals surface area contributed by atoms with Gasteiger partial charge in [0, 0.05) is 43.0 Å². The molecule has 1 atom stereocenters. The highest BCUT2D eigenvalue weighted by Gasteiger charge is 2.23. The molecule has 6 N–H and O–H groups in total. The SMILES string of the molecule is CC(C)Nc1ncc(-c2cc(-c3ccccc3CNC(=O)NC3CC3)nc(NC[C@H](C)N)n2)s1. The van der Waals surface area contributed by atoms with E-state index in [4.69, 9.17) is 15.7 Å². The average Bonchev–Trinajstić information content (AvgIpc) is 3.50. The Morgan fingerprint density at radius 1 is 1.18 bits per heavy atom. The molecule has 9 nitrogen and oxygen atoms in total. The van der Waals surface area contributed by atoms with Crippen LogP contribution in [0.4, 0.5) is 15.9 Å². The number of thiazole rings is 1. The predicted octanol–water partition coefficient (Wildman–Crippen LogP) is 3.81. The summed E-state index contributed by atoms with van der Waals surface area (Å²) in [6, 6.07) is 10.3. The van der Waals surface area contributed by atoms with Crippen LogP contribution in [0.5, 0.6) is 0 Å². The standard InChI is InChI=1S/C24H32N8OS/c1-14(2)29-24-28-13-21(34-24)20-10-19(31-22(32-20)26-11-15(3)25)18-7-5-4-6-16(18)12-27-23(33)30-17-8-9-17/h4-7,10,13-15,17H,8-9,11-12,25H2,1-3H3,(H,28,29)(H,26,31,32)(H2,27,30,33)/t15-/m0/s1. The summed E-state index contributed by atoms with van der Waals surface area (Å²) in [5.74, 6) is 0.505. The maximum Gasteiger partial charge on any atom is 0.315 e. The molecule has 1 saturated carbocycles. The van der Waals surface area contributed by atoms with Crippen LogP contribution in [0.15, 0.2) is 36.5 Å². The van der Waals surface area contributed by atoms with E-state index in [-0.39, 0.29) is 12.1 Å². The van der Waals surface area contributed by atoms with Crippen molar-refractivity contribution in [3.05, 3.63) is 42.1 Å². The van der Waals surface area contributed by atoms with E-state index in [9.17, 15) is 4.79 Å². The van der Waals surface area contributed by atoms with E-state index < -0.39 is 0 Å². The molecule has 0 unspecified atom stereocenters. The molecule has 0 radical (unpaired) electrons. The third-order valence-corrected chi connectivity index (χ3v) is 6.07. The number of nitrogens with one attached hydrogen (secondary N) is 4. The lowest BCUT2D eigenvalue weighted by molar-refractivity contribution is 0.240. The Balaban J connectivity index is 1.63. The van der Waals surface area contributed by atoms with Gasteiger partial charge in [-0.1, -0.05) is 35.6 Å². The summed E-state index contributed by atoms with van der Waals surface area (Å²) in [5, 5.41) is 13.3. The van der Waals surface area contributed by atoms with E-state index in [0.29, 0.717) is 31.1 Å². The van der Waals surface area contributed by atoms with Gasteiger partial charge in [-0.2, -0.15) is 0 Å².